The molecule has 0 amide bonds. The van der Waals surface area contributed by atoms with Gasteiger partial charge in [0.05, 0.1) is 6.61 Å². The van der Waals surface area contributed by atoms with Gasteiger partial charge < -0.3 is 15.0 Å². The average Bonchev–Trinajstić information content (AvgIpc) is 1.99. The maximum absolute atomic E-state index is 5.08. The highest BCUT2D eigenvalue weighted by Crippen LogP contribution is 2.14. The summed E-state index contributed by atoms with van der Waals surface area (Å²) in [5.74, 6) is 0. The quantitative estimate of drug-likeness (QED) is 0.671. The third-order valence-electron chi connectivity index (χ3n) is 2.09. The molecule has 3 heteroatoms. The van der Waals surface area contributed by atoms with E-state index < -0.39 is 0 Å². The van der Waals surface area contributed by atoms with E-state index in [0.717, 1.165) is 19.7 Å². The van der Waals surface area contributed by atoms with Crippen LogP contribution in [0.5, 0.6) is 0 Å². The lowest BCUT2D eigenvalue weighted by Crippen LogP contribution is -2.42. The van der Waals surface area contributed by atoms with Crippen molar-refractivity contribution in [3.8, 4) is 0 Å². The summed E-state index contributed by atoms with van der Waals surface area (Å²) >= 11 is 0. The Kier molecular flexibility index (Phi) is 6.33. The van der Waals surface area contributed by atoms with Crippen molar-refractivity contribution in [3.63, 3.8) is 0 Å². The molecule has 0 aromatic carbocycles. The molecule has 0 spiro atoms. The topological polar surface area (TPSA) is 24.5 Å². The fourth-order valence-corrected chi connectivity index (χ4v) is 1.67. The van der Waals surface area contributed by atoms with Gasteiger partial charge in [-0.15, -0.1) is 0 Å². The van der Waals surface area contributed by atoms with Crippen molar-refractivity contribution in [1.29, 1.82) is 0 Å². The molecule has 0 aromatic heterocycles. The summed E-state index contributed by atoms with van der Waals surface area (Å²) in [5, 5.41) is 3.48. The van der Waals surface area contributed by atoms with Crippen LogP contribution in [0.25, 0.3) is 0 Å². The molecule has 0 aliphatic rings. The number of hydrogen-bond donors (Lipinski definition) is 1. The number of nitrogens with zero attached hydrogens (tertiary/aromatic N) is 1. The minimum absolute atomic E-state index is 0.311. The highest BCUT2D eigenvalue weighted by molar-refractivity contribution is 4.75. The van der Waals surface area contributed by atoms with Gasteiger partial charge in [-0.05, 0) is 26.4 Å². The smallest absolute Gasteiger partial charge is 0.0613 e. The van der Waals surface area contributed by atoms with Crippen molar-refractivity contribution in [2.45, 2.75) is 26.8 Å². The molecule has 0 radical (unpaired) electrons. The van der Waals surface area contributed by atoms with Gasteiger partial charge in [0.2, 0.25) is 0 Å². The fourth-order valence-electron chi connectivity index (χ4n) is 1.67. The zero-order chi connectivity index (χ0) is 11.2. The molecule has 0 aliphatic heterocycles. The molecule has 0 heterocycles. The second-order valence-corrected chi connectivity index (χ2v) is 5.14. The van der Waals surface area contributed by atoms with Crippen LogP contribution in [-0.4, -0.2) is 51.8 Å². The van der Waals surface area contributed by atoms with Crippen molar-refractivity contribution in [1.82, 2.24) is 10.2 Å². The second-order valence-electron chi connectivity index (χ2n) is 5.14. The molecular formula is C11H26N2O. The maximum Gasteiger partial charge on any atom is 0.0613 e. The molecular weight excluding hydrogens is 176 g/mol. The lowest BCUT2D eigenvalue weighted by molar-refractivity contribution is 0.158. The molecule has 1 N–H and O–H groups in total. The Hall–Kier alpha value is -0.120. The normalized spacial score (nSPS) is 14.8. The molecule has 3 nitrogen and oxygen atoms in total. The van der Waals surface area contributed by atoms with Crippen LogP contribution in [0.1, 0.15) is 20.8 Å². The second kappa shape index (κ2) is 6.38. The number of ether oxygens (including phenoxy) is 1. The summed E-state index contributed by atoms with van der Waals surface area (Å²) in [6, 6.07) is 0.432. The fraction of sp³-hybridized carbons (Fsp3) is 1.00. The third kappa shape index (κ3) is 7.30. The molecule has 86 valence electrons. The van der Waals surface area contributed by atoms with E-state index in [0.29, 0.717) is 11.5 Å². The van der Waals surface area contributed by atoms with Gasteiger partial charge in [-0.1, -0.05) is 13.8 Å². The van der Waals surface area contributed by atoms with E-state index in [4.69, 9.17) is 4.74 Å². The molecule has 0 unspecified atom stereocenters. The van der Waals surface area contributed by atoms with E-state index in [1.54, 1.807) is 7.11 Å². The van der Waals surface area contributed by atoms with Gasteiger partial charge in [0, 0.05) is 26.2 Å². The summed E-state index contributed by atoms with van der Waals surface area (Å²) in [6.45, 7) is 9.60. The number of hydrogen-bond acceptors (Lipinski definition) is 3. The molecule has 0 aromatic rings. The number of nitrogens with one attached hydrogen (secondary N) is 1. The van der Waals surface area contributed by atoms with Crippen LogP contribution in [0.15, 0.2) is 0 Å². The Morgan fingerprint density at radius 3 is 2.36 bits per heavy atom. The minimum atomic E-state index is 0.311. The summed E-state index contributed by atoms with van der Waals surface area (Å²) < 4.78 is 5.08. The van der Waals surface area contributed by atoms with E-state index in [1.165, 1.54) is 0 Å². The van der Waals surface area contributed by atoms with E-state index in [-0.39, 0.29) is 0 Å². The van der Waals surface area contributed by atoms with Crippen LogP contribution in [0, 0.1) is 5.41 Å². The van der Waals surface area contributed by atoms with Gasteiger partial charge in [0.25, 0.3) is 0 Å². The molecule has 0 saturated heterocycles. The van der Waals surface area contributed by atoms with Crippen LogP contribution in [-0.2, 0) is 4.74 Å². The first kappa shape index (κ1) is 13.9. The van der Waals surface area contributed by atoms with Crippen LogP contribution in [0.3, 0.4) is 0 Å². The van der Waals surface area contributed by atoms with Gasteiger partial charge in [-0.3, -0.25) is 0 Å². The summed E-state index contributed by atoms with van der Waals surface area (Å²) in [6.07, 6.45) is 0. The maximum atomic E-state index is 5.08. The summed E-state index contributed by atoms with van der Waals surface area (Å²) in [4.78, 5) is 2.22. The van der Waals surface area contributed by atoms with Gasteiger partial charge in [-0.25, -0.2) is 0 Å². The molecule has 0 saturated carbocycles. The Bertz CT molecular complexity index is 146. The molecule has 0 aliphatic carbocycles. The summed E-state index contributed by atoms with van der Waals surface area (Å²) in [7, 11) is 5.96. The van der Waals surface area contributed by atoms with Crippen molar-refractivity contribution in [2.24, 2.45) is 5.41 Å². The number of methoxy groups -OCH3 is 1. The van der Waals surface area contributed by atoms with Crippen LogP contribution in [0.2, 0.25) is 0 Å². The van der Waals surface area contributed by atoms with E-state index in [1.807, 2.05) is 0 Å². The van der Waals surface area contributed by atoms with Crippen molar-refractivity contribution >= 4 is 0 Å². The van der Waals surface area contributed by atoms with E-state index in [9.17, 15) is 0 Å². The average molecular weight is 202 g/mol. The third-order valence-corrected chi connectivity index (χ3v) is 2.09. The molecule has 0 fully saturated rings. The van der Waals surface area contributed by atoms with E-state index >= 15 is 0 Å². The van der Waals surface area contributed by atoms with Crippen molar-refractivity contribution in [3.05, 3.63) is 0 Å². The number of rotatable bonds is 7. The molecule has 1 atom stereocenters. The monoisotopic (exact) mass is 202 g/mol. The predicted molar refractivity (Wildman–Crippen MR) is 61.7 cm³/mol. The van der Waals surface area contributed by atoms with Crippen molar-refractivity contribution in [2.75, 3.05) is 40.9 Å². The molecule has 0 bridgehead atoms. The Labute approximate surface area is 88.8 Å². The van der Waals surface area contributed by atoms with Gasteiger partial charge in [-0.2, -0.15) is 0 Å². The Morgan fingerprint density at radius 1 is 1.36 bits per heavy atom. The standard InChI is InChI=1S/C11H26N2O/c1-10(7-14-6)12-8-11(2,3)9-13(4)5/h10,12H,7-9H2,1-6H3/t10-/m1/s1. The zero-order valence-corrected chi connectivity index (χ0v) is 10.6. The largest absolute Gasteiger partial charge is 0.383 e. The molecule has 0 rings (SSSR count). The van der Waals surface area contributed by atoms with Crippen LogP contribution in [0.4, 0.5) is 0 Å². The lowest BCUT2D eigenvalue weighted by Gasteiger charge is -2.30. The first-order chi connectivity index (χ1) is 6.37. The Balaban J connectivity index is 3.74. The minimum Gasteiger partial charge on any atom is -0.383 e. The van der Waals surface area contributed by atoms with E-state index in [2.05, 4.69) is 45.1 Å². The molecule has 14 heavy (non-hydrogen) atoms. The lowest BCUT2D eigenvalue weighted by atomic mass is 9.92. The SMILES string of the molecule is COC[C@@H](C)NCC(C)(C)CN(C)C. The predicted octanol–water partition coefficient (Wildman–Crippen LogP) is 1.20. The first-order valence-electron chi connectivity index (χ1n) is 5.24. The summed E-state index contributed by atoms with van der Waals surface area (Å²) in [5.41, 5.74) is 0.311. The zero-order valence-electron chi connectivity index (χ0n) is 10.6. The van der Waals surface area contributed by atoms with Gasteiger partial charge >= 0.3 is 0 Å². The van der Waals surface area contributed by atoms with Crippen molar-refractivity contribution < 1.29 is 4.74 Å². The highest BCUT2D eigenvalue weighted by Gasteiger charge is 2.19. The Morgan fingerprint density at radius 2 is 1.93 bits per heavy atom. The first-order valence-corrected chi connectivity index (χ1v) is 5.24. The highest BCUT2D eigenvalue weighted by atomic mass is 16.5. The van der Waals surface area contributed by atoms with Crippen LogP contribution < -0.4 is 5.32 Å². The van der Waals surface area contributed by atoms with Gasteiger partial charge in [0.1, 0.15) is 0 Å². The van der Waals surface area contributed by atoms with Gasteiger partial charge in [0.15, 0.2) is 0 Å². The van der Waals surface area contributed by atoms with Crippen LogP contribution >= 0.6 is 0 Å².